The Bertz CT molecular complexity index is 626. The lowest BCUT2D eigenvalue weighted by molar-refractivity contribution is 0.881. The minimum absolute atomic E-state index is 0.590. The van der Waals surface area contributed by atoms with Gasteiger partial charge in [0.15, 0.2) is 0 Å². The molecule has 6 nitrogen and oxygen atoms in total. The van der Waals surface area contributed by atoms with Crippen LogP contribution in [-0.4, -0.2) is 30.6 Å². The molecule has 0 saturated heterocycles. The van der Waals surface area contributed by atoms with Gasteiger partial charge < -0.3 is 4.98 Å². The Balaban J connectivity index is 2.13. The summed E-state index contributed by atoms with van der Waals surface area (Å²) in [6.45, 7) is 2.11. The SMILES string of the molecule is CCc1c(-c2ccncc2)c[nH]c1-c1nn[nH]n1. The van der Waals surface area contributed by atoms with Crippen LogP contribution in [0.2, 0.25) is 0 Å². The van der Waals surface area contributed by atoms with Gasteiger partial charge in [0.2, 0.25) is 5.82 Å². The van der Waals surface area contributed by atoms with Gasteiger partial charge in [-0.05, 0) is 34.9 Å². The van der Waals surface area contributed by atoms with Crippen molar-refractivity contribution in [1.29, 1.82) is 0 Å². The summed E-state index contributed by atoms with van der Waals surface area (Å²) in [6, 6.07) is 3.98. The van der Waals surface area contributed by atoms with Gasteiger partial charge in [0.05, 0.1) is 5.69 Å². The van der Waals surface area contributed by atoms with Gasteiger partial charge in [0, 0.05) is 24.2 Å². The monoisotopic (exact) mass is 240 g/mol. The van der Waals surface area contributed by atoms with Crippen LogP contribution in [0.1, 0.15) is 12.5 Å². The molecule has 0 atom stereocenters. The summed E-state index contributed by atoms with van der Waals surface area (Å²) in [6.07, 6.45) is 6.44. The standard InChI is InChI=1S/C12H12N6/c1-2-9-10(8-3-5-13-6-4-8)7-14-11(9)12-15-17-18-16-12/h3-7,14H,2H2,1H3,(H,15,16,17,18). The third-order valence-electron chi connectivity index (χ3n) is 2.90. The molecule has 18 heavy (non-hydrogen) atoms. The normalized spacial score (nSPS) is 10.7. The molecule has 0 amide bonds. The smallest absolute Gasteiger partial charge is 0.221 e. The molecule has 3 heterocycles. The molecule has 0 saturated carbocycles. The molecule has 0 spiro atoms. The van der Waals surface area contributed by atoms with Gasteiger partial charge in [-0.25, -0.2) is 0 Å². The van der Waals surface area contributed by atoms with E-state index >= 15 is 0 Å². The maximum atomic E-state index is 4.03. The van der Waals surface area contributed by atoms with E-state index in [1.54, 1.807) is 12.4 Å². The van der Waals surface area contributed by atoms with Crippen molar-refractivity contribution in [2.75, 3.05) is 0 Å². The fraction of sp³-hybridized carbons (Fsp3) is 0.167. The summed E-state index contributed by atoms with van der Waals surface area (Å²) in [5.41, 5.74) is 4.38. The predicted octanol–water partition coefficient (Wildman–Crippen LogP) is 1.82. The van der Waals surface area contributed by atoms with Gasteiger partial charge in [-0.3, -0.25) is 4.98 Å². The van der Waals surface area contributed by atoms with Gasteiger partial charge in [0.25, 0.3) is 0 Å². The summed E-state index contributed by atoms with van der Waals surface area (Å²) >= 11 is 0. The highest BCUT2D eigenvalue weighted by atomic mass is 15.5. The Kier molecular flexibility index (Phi) is 2.60. The van der Waals surface area contributed by atoms with Crippen molar-refractivity contribution in [3.63, 3.8) is 0 Å². The lowest BCUT2D eigenvalue weighted by atomic mass is 10.0. The second kappa shape index (κ2) is 4.40. The Morgan fingerprint density at radius 3 is 2.72 bits per heavy atom. The molecular weight excluding hydrogens is 228 g/mol. The Morgan fingerprint density at radius 1 is 1.22 bits per heavy atom. The van der Waals surface area contributed by atoms with Crippen LogP contribution in [0.25, 0.3) is 22.6 Å². The highest BCUT2D eigenvalue weighted by Crippen LogP contribution is 2.30. The largest absolute Gasteiger partial charge is 0.358 e. The van der Waals surface area contributed by atoms with E-state index in [1.807, 2.05) is 18.3 Å². The van der Waals surface area contributed by atoms with Crippen LogP contribution >= 0.6 is 0 Å². The molecule has 3 aromatic rings. The summed E-state index contributed by atoms with van der Waals surface area (Å²) in [5, 5.41) is 14.1. The van der Waals surface area contributed by atoms with Crippen molar-refractivity contribution in [3.8, 4) is 22.6 Å². The van der Waals surface area contributed by atoms with Crippen molar-refractivity contribution in [2.24, 2.45) is 0 Å². The van der Waals surface area contributed by atoms with E-state index in [4.69, 9.17) is 0 Å². The van der Waals surface area contributed by atoms with E-state index < -0.39 is 0 Å². The van der Waals surface area contributed by atoms with Crippen LogP contribution in [0.15, 0.2) is 30.7 Å². The van der Waals surface area contributed by atoms with Crippen LogP contribution in [-0.2, 0) is 6.42 Å². The summed E-state index contributed by atoms with van der Waals surface area (Å²) in [4.78, 5) is 7.25. The highest BCUT2D eigenvalue weighted by Gasteiger charge is 2.15. The highest BCUT2D eigenvalue weighted by molar-refractivity contribution is 5.74. The molecular formula is C12H12N6. The van der Waals surface area contributed by atoms with Gasteiger partial charge >= 0.3 is 0 Å². The van der Waals surface area contributed by atoms with E-state index in [0.717, 1.165) is 23.2 Å². The molecule has 2 N–H and O–H groups in total. The lowest BCUT2D eigenvalue weighted by Gasteiger charge is -2.02. The zero-order valence-electron chi connectivity index (χ0n) is 9.88. The average molecular weight is 240 g/mol. The number of tetrazole rings is 1. The van der Waals surface area contributed by atoms with Crippen LogP contribution in [0.4, 0.5) is 0 Å². The number of hydrogen-bond acceptors (Lipinski definition) is 4. The number of nitrogens with one attached hydrogen (secondary N) is 2. The first-order chi connectivity index (χ1) is 8.90. The average Bonchev–Trinajstić information content (AvgIpc) is 3.08. The van der Waals surface area contributed by atoms with Gasteiger partial charge in [-0.15, -0.1) is 10.2 Å². The Labute approximate surface area is 103 Å². The lowest BCUT2D eigenvalue weighted by Crippen LogP contribution is -1.89. The van der Waals surface area contributed by atoms with E-state index in [9.17, 15) is 0 Å². The second-order valence-corrected chi connectivity index (χ2v) is 3.88. The van der Waals surface area contributed by atoms with Crippen molar-refractivity contribution < 1.29 is 0 Å². The molecule has 0 aliphatic rings. The first-order valence-electron chi connectivity index (χ1n) is 5.74. The van der Waals surface area contributed by atoms with E-state index in [0.29, 0.717) is 5.82 Å². The number of nitrogens with zero attached hydrogens (tertiary/aromatic N) is 4. The number of rotatable bonds is 3. The van der Waals surface area contributed by atoms with Gasteiger partial charge in [0.1, 0.15) is 0 Å². The van der Waals surface area contributed by atoms with E-state index in [1.165, 1.54) is 5.56 Å². The fourth-order valence-corrected chi connectivity index (χ4v) is 2.08. The van der Waals surface area contributed by atoms with E-state index in [-0.39, 0.29) is 0 Å². The summed E-state index contributed by atoms with van der Waals surface area (Å²) in [7, 11) is 0. The first kappa shape index (κ1) is 10.6. The topological polar surface area (TPSA) is 83.1 Å². The first-order valence-corrected chi connectivity index (χ1v) is 5.74. The van der Waals surface area contributed by atoms with Crippen LogP contribution in [0.3, 0.4) is 0 Å². The zero-order valence-corrected chi connectivity index (χ0v) is 9.88. The van der Waals surface area contributed by atoms with Crippen LogP contribution in [0, 0.1) is 0 Å². The molecule has 0 unspecified atom stereocenters. The van der Waals surface area contributed by atoms with Crippen molar-refractivity contribution in [3.05, 3.63) is 36.3 Å². The summed E-state index contributed by atoms with van der Waals surface area (Å²) in [5.74, 6) is 0.590. The number of aromatic amines is 2. The Hall–Kier alpha value is -2.50. The minimum Gasteiger partial charge on any atom is -0.358 e. The Morgan fingerprint density at radius 2 is 2.06 bits per heavy atom. The maximum Gasteiger partial charge on any atom is 0.221 e. The van der Waals surface area contributed by atoms with Crippen molar-refractivity contribution in [2.45, 2.75) is 13.3 Å². The summed E-state index contributed by atoms with van der Waals surface area (Å²) < 4.78 is 0. The number of aromatic nitrogens is 6. The molecule has 0 radical (unpaired) electrons. The molecule has 0 aliphatic heterocycles. The quantitative estimate of drug-likeness (QED) is 0.731. The third kappa shape index (κ3) is 1.67. The zero-order chi connectivity index (χ0) is 12.4. The third-order valence-corrected chi connectivity index (χ3v) is 2.90. The second-order valence-electron chi connectivity index (χ2n) is 3.88. The molecule has 90 valence electrons. The predicted molar refractivity (Wildman–Crippen MR) is 66.6 cm³/mol. The van der Waals surface area contributed by atoms with Crippen molar-refractivity contribution in [1.82, 2.24) is 30.6 Å². The van der Waals surface area contributed by atoms with Crippen LogP contribution in [0.5, 0.6) is 0 Å². The number of pyridine rings is 1. The number of H-pyrrole nitrogens is 2. The van der Waals surface area contributed by atoms with Crippen molar-refractivity contribution >= 4 is 0 Å². The van der Waals surface area contributed by atoms with Crippen LogP contribution < -0.4 is 0 Å². The van der Waals surface area contributed by atoms with Gasteiger partial charge in [-0.2, -0.15) is 5.21 Å². The molecule has 6 heteroatoms. The molecule has 0 aromatic carbocycles. The minimum atomic E-state index is 0.590. The molecule has 0 bridgehead atoms. The molecule has 0 aliphatic carbocycles. The number of hydrogen-bond donors (Lipinski definition) is 2. The molecule has 3 rings (SSSR count). The van der Waals surface area contributed by atoms with E-state index in [2.05, 4.69) is 37.5 Å². The fourth-order valence-electron chi connectivity index (χ4n) is 2.08. The molecule has 0 fully saturated rings. The maximum absolute atomic E-state index is 4.03. The van der Waals surface area contributed by atoms with Gasteiger partial charge in [-0.1, -0.05) is 6.92 Å². The molecule has 3 aromatic heterocycles.